The molecule has 0 aromatic rings. The number of aliphatic hydroxyl groups excluding tert-OH is 11. The summed E-state index contributed by atoms with van der Waals surface area (Å²) in [6.45, 7) is 1.82. The van der Waals surface area contributed by atoms with E-state index in [1.807, 2.05) is 0 Å². The minimum absolute atomic E-state index is 0.239. The van der Waals surface area contributed by atoms with Crippen LogP contribution in [0.1, 0.15) is 303 Å². The largest absolute Gasteiger partial charge is 0.394 e. The van der Waals surface area contributed by atoms with Crippen molar-refractivity contribution in [3.05, 3.63) is 0 Å². The Morgan fingerprint density at radius 3 is 0.989 bits per heavy atom. The highest BCUT2D eigenvalue weighted by Crippen LogP contribution is 2.33. The van der Waals surface area contributed by atoms with E-state index in [-0.39, 0.29) is 18.9 Å². The van der Waals surface area contributed by atoms with Crippen LogP contribution in [-0.2, 0) is 33.2 Å². The Kier molecular flexibility index (Phi) is 48.0. The Bertz CT molecular complexity index is 1600. The molecule has 1 amide bonds. The number of amides is 1. The topological polar surface area (TPSA) is 307 Å². The van der Waals surface area contributed by atoms with Gasteiger partial charge >= 0.3 is 0 Å². The average Bonchev–Trinajstić information content (AvgIpc) is 2.44. The average molecular weight is 1260 g/mol. The zero-order chi connectivity index (χ0) is 64.0. The molecule has 0 aliphatic carbocycles. The number of rotatable bonds is 57. The first kappa shape index (κ1) is 81.0. The maximum absolute atomic E-state index is 13.3. The van der Waals surface area contributed by atoms with Gasteiger partial charge in [-0.1, -0.05) is 284 Å². The second-order valence-electron chi connectivity index (χ2n) is 26.4. The van der Waals surface area contributed by atoms with Gasteiger partial charge in [0.15, 0.2) is 18.9 Å². The summed E-state index contributed by atoms with van der Waals surface area (Å²) in [5, 5.41) is 121. The van der Waals surface area contributed by atoms with Crippen LogP contribution >= 0.6 is 0 Å². The fourth-order valence-electron chi connectivity index (χ4n) is 12.8. The Morgan fingerprint density at radius 2 is 0.648 bits per heavy atom. The lowest BCUT2D eigenvalue weighted by atomic mass is 9.96. The Balaban J connectivity index is 1.34. The molecule has 17 unspecified atom stereocenters. The van der Waals surface area contributed by atoms with Crippen LogP contribution in [0.2, 0.25) is 0 Å². The number of hydrogen-bond donors (Lipinski definition) is 12. The normalized spacial score (nSPS) is 28.3. The van der Waals surface area contributed by atoms with Crippen molar-refractivity contribution >= 4 is 5.91 Å². The molecular weight excluding hydrogens is 1130 g/mol. The molecule has 0 spiro atoms. The highest BCUT2D eigenvalue weighted by molar-refractivity contribution is 5.76. The van der Waals surface area contributed by atoms with E-state index in [2.05, 4.69) is 19.2 Å². The van der Waals surface area contributed by atoms with Gasteiger partial charge < -0.3 is 89.9 Å². The van der Waals surface area contributed by atoms with Crippen molar-refractivity contribution in [1.29, 1.82) is 0 Å². The van der Waals surface area contributed by atoms with Gasteiger partial charge in [0.1, 0.15) is 73.2 Å². The number of carbonyl (C=O) groups is 1. The second-order valence-corrected chi connectivity index (χ2v) is 26.4. The molecule has 0 radical (unpaired) electrons. The maximum atomic E-state index is 13.3. The van der Waals surface area contributed by atoms with E-state index >= 15 is 0 Å². The quantitative estimate of drug-likeness (QED) is 0.0252. The molecule has 19 heteroatoms. The molecule has 3 saturated heterocycles. The molecule has 19 nitrogen and oxygen atoms in total. The highest BCUT2D eigenvalue weighted by Gasteiger charge is 2.53. The first-order valence-electron chi connectivity index (χ1n) is 36.3. The molecule has 0 bridgehead atoms. The van der Waals surface area contributed by atoms with Gasteiger partial charge in [-0.25, -0.2) is 0 Å². The Labute approximate surface area is 532 Å². The maximum Gasteiger partial charge on any atom is 0.220 e. The minimum atomic E-state index is -1.97. The van der Waals surface area contributed by atoms with E-state index in [0.29, 0.717) is 12.8 Å². The van der Waals surface area contributed by atoms with Crippen molar-refractivity contribution in [2.45, 2.75) is 407 Å². The lowest BCUT2D eigenvalue weighted by molar-refractivity contribution is -0.379. The number of nitrogens with one attached hydrogen (secondary N) is 1. The molecule has 3 aliphatic heterocycles. The standard InChI is InChI=1S/C69H133NO18/c1-3-5-7-9-11-13-15-16-17-18-19-20-21-22-23-24-25-26-27-28-29-30-31-32-33-34-35-37-38-40-42-44-46-53(74)52(70-57(75)47-45-43-41-39-36-14-12-10-8-6-4-2)51-83-67-63(81)60(78)65(55(49-72)85-67)88-69-64(82)61(79)66(56(50-73)86-69)87-68-62(80)59(77)58(76)54(48-71)84-68/h52-56,58-69,71-74,76-82H,3-51H2,1-2H3,(H,70,75). The third kappa shape index (κ3) is 33.8. The molecule has 88 heavy (non-hydrogen) atoms. The summed E-state index contributed by atoms with van der Waals surface area (Å²) in [7, 11) is 0. The number of unbranched alkanes of at least 4 members (excludes halogenated alkanes) is 41. The number of carbonyl (C=O) groups excluding carboxylic acids is 1. The predicted octanol–water partition coefficient (Wildman–Crippen LogP) is 9.89. The van der Waals surface area contributed by atoms with Gasteiger partial charge in [0, 0.05) is 6.42 Å². The summed E-state index contributed by atoms with van der Waals surface area (Å²) in [5.41, 5.74) is 0. The van der Waals surface area contributed by atoms with E-state index in [9.17, 15) is 61.0 Å². The van der Waals surface area contributed by atoms with Crippen LogP contribution in [0.4, 0.5) is 0 Å². The van der Waals surface area contributed by atoms with Crippen molar-refractivity contribution in [2.24, 2.45) is 0 Å². The summed E-state index contributed by atoms with van der Waals surface area (Å²) in [6.07, 6.45) is 29.4. The van der Waals surface area contributed by atoms with Crippen molar-refractivity contribution in [1.82, 2.24) is 5.32 Å². The lowest BCUT2D eigenvalue weighted by Crippen LogP contribution is -2.66. The van der Waals surface area contributed by atoms with E-state index in [4.69, 9.17) is 28.4 Å². The van der Waals surface area contributed by atoms with Crippen molar-refractivity contribution in [3.63, 3.8) is 0 Å². The molecule has 3 aliphatic rings. The zero-order valence-corrected chi connectivity index (χ0v) is 55.2. The summed E-state index contributed by atoms with van der Waals surface area (Å²) < 4.78 is 34.4. The number of aliphatic hydroxyl groups is 11. The van der Waals surface area contributed by atoms with Gasteiger partial charge in [-0.3, -0.25) is 4.79 Å². The van der Waals surface area contributed by atoms with E-state index in [1.165, 1.54) is 225 Å². The molecule has 3 fully saturated rings. The van der Waals surface area contributed by atoms with Crippen LogP contribution in [0, 0.1) is 0 Å². The van der Waals surface area contributed by atoms with Crippen LogP contribution in [0.3, 0.4) is 0 Å². The Hall–Kier alpha value is -1.21. The summed E-state index contributed by atoms with van der Waals surface area (Å²) in [5.74, 6) is -0.239. The fourth-order valence-corrected chi connectivity index (χ4v) is 12.8. The highest BCUT2D eigenvalue weighted by atomic mass is 16.8. The van der Waals surface area contributed by atoms with Crippen LogP contribution in [-0.4, -0.2) is 193 Å². The van der Waals surface area contributed by atoms with E-state index in [1.54, 1.807) is 0 Å². The van der Waals surface area contributed by atoms with Crippen molar-refractivity contribution in [2.75, 3.05) is 26.4 Å². The Morgan fingerprint density at radius 1 is 0.364 bits per heavy atom. The molecule has 0 aromatic carbocycles. The van der Waals surface area contributed by atoms with Crippen molar-refractivity contribution in [3.8, 4) is 0 Å². The van der Waals surface area contributed by atoms with Gasteiger partial charge in [0.2, 0.25) is 5.91 Å². The fraction of sp³-hybridized carbons (Fsp3) is 0.986. The zero-order valence-electron chi connectivity index (χ0n) is 55.2. The monoisotopic (exact) mass is 1260 g/mol. The molecule has 0 aromatic heterocycles. The van der Waals surface area contributed by atoms with Crippen LogP contribution in [0.15, 0.2) is 0 Å². The molecule has 12 N–H and O–H groups in total. The first-order chi connectivity index (χ1) is 42.8. The summed E-state index contributed by atoms with van der Waals surface area (Å²) >= 11 is 0. The number of hydrogen-bond acceptors (Lipinski definition) is 18. The molecule has 17 atom stereocenters. The van der Waals surface area contributed by atoms with E-state index < -0.39 is 124 Å². The second kappa shape index (κ2) is 52.1. The smallest absolute Gasteiger partial charge is 0.220 e. The number of ether oxygens (including phenoxy) is 6. The third-order valence-electron chi connectivity index (χ3n) is 18.7. The molecule has 0 saturated carbocycles. The molecule has 3 rings (SSSR count). The van der Waals surface area contributed by atoms with Crippen LogP contribution < -0.4 is 5.32 Å². The van der Waals surface area contributed by atoms with Gasteiger partial charge in [0.25, 0.3) is 0 Å². The molecular formula is C69H133NO18. The molecule has 522 valence electrons. The van der Waals surface area contributed by atoms with Gasteiger partial charge in [-0.15, -0.1) is 0 Å². The lowest BCUT2D eigenvalue weighted by Gasteiger charge is -2.48. The van der Waals surface area contributed by atoms with Crippen LogP contribution in [0.5, 0.6) is 0 Å². The SMILES string of the molecule is CCCCCCCCCCCCCCCCCCCCCCCCCCCCCCCCCCC(O)C(COC1OC(CO)C(OC2OC(CO)C(OC3OC(CO)C(O)C(O)C3O)C(O)C2O)C(O)C1O)NC(=O)CCCCCCCCCCCCC. The third-order valence-corrected chi connectivity index (χ3v) is 18.7. The van der Waals surface area contributed by atoms with Crippen molar-refractivity contribution < 1.29 is 89.4 Å². The van der Waals surface area contributed by atoms with Crippen LogP contribution in [0.25, 0.3) is 0 Å². The van der Waals surface area contributed by atoms with Gasteiger partial charge in [0.05, 0.1) is 38.6 Å². The minimum Gasteiger partial charge on any atom is -0.394 e. The summed E-state index contributed by atoms with van der Waals surface area (Å²) in [6, 6.07) is -0.881. The molecule has 3 heterocycles. The van der Waals surface area contributed by atoms with E-state index in [0.717, 1.165) is 44.9 Å². The summed E-state index contributed by atoms with van der Waals surface area (Å²) in [4.78, 5) is 13.3. The first-order valence-corrected chi connectivity index (χ1v) is 36.3. The van der Waals surface area contributed by atoms with Gasteiger partial charge in [-0.05, 0) is 12.8 Å². The predicted molar refractivity (Wildman–Crippen MR) is 342 cm³/mol. The van der Waals surface area contributed by atoms with Gasteiger partial charge in [-0.2, -0.15) is 0 Å².